The van der Waals surface area contributed by atoms with Crippen LogP contribution < -0.4 is 5.32 Å². The smallest absolute Gasteiger partial charge is 0.154 e. The zero-order chi connectivity index (χ0) is 13.2. The highest BCUT2D eigenvalue weighted by Gasteiger charge is 2.37. The van der Waals surface area contributed by atoms with Gasteiger partial charge in [-0.15, -0.1) is 0 Å². The Morgan fingerprint density at radius 3 is 3.05 bits per heavy atom. The van der Waals surface area contributed by atoms with E-state index in [0.29, 0.717) is 18.2 Å². The average molecular weight is 261 g/mol. The van der Waals surface area contributed by atoms with E-state index in [2.05, 4.69) is 17.3 Å². The van der Waals surface area contributed by atoms with Gasteiger partial charge in [0.2, 0.25) is 0 Å². The monoisotopic (exact) mass is 261 g/mol. The number of nitrogens with zero attached hydrogens (tertiary/aromatic N) is 2. The zero-order valence-electron chi connectivity index (χ0n) is 11.6. The van der Waals surface area contributed by atoms with E-state index in [-0.39, 0.29) is 6.04 Å². The van der Waals surface area contributed by atoms with Crippen molar-refractivity contribution in [1.29, 1.82) is 0 Å². The number of fused-ring (bicyclic) bond motifs is 1. The van der Waals surface area contributed by atoms with Crippen LogP contribution in [0.25, 0.3) is 0 Å². The minimum absolute atomic E-state index is 0.0816. The first-order valence-electron chi connectivity index (χ1n) is 7.56. The third-order valence-electron chi connectivity index (χ3n) is 4.64. The van der Waals surface area contributed by atoms with Gasteiger partial charge in [0, 0.05) is 25.2 Å². The van der Waals surface area contributed by atoms with E-state index in [0.717, 1.165) is 24.4 Å². The van der Waals surface area contributed by atoms with E-state index in [1.54, 1.807) is 0 Å². The average Bonchev–Trinajstić information content (AvgIpc) is 3.04. The lowest BCUT2D eigenvalue weighted by Gasteiger charge is -2.24. The van der Waals surface area contributed by atoms with Gasteiger partial charge >= 0.3 is 0 Å². The van der Waals surface area contributed by atoms with Gasteiger partial charge in [-0.1, -0.05) is 12.8 Å². The van der Waals surface area contributed by atoms with E-state index in [9.17, 15) is 4.79 Å². The molecule has 1 saturated heterocycles. The lowest BCUT2D eigenvalue weighted by atomic mass is 9.84. The van der Waals surface area contributed by atoms with Crippen molar-refractivity contribution >= 4 is 5.78 Å². The number of aryl methyl sites for hydroxylation is 1. The number of carbonyl (C=O) groups excluding carboxylic acids is 1. The molecule has 4 heteroatoms. The molecule has 0 radical (unpaired) electrons. The van der Waals surface area contributed by atoms with Gasteiger partial charge in [0.15, 0.2) is 5.78 Å². The molecule has 4 nitrogen and oxygen atoms in total. The number of carbonyl (C=O) groups is 1. The first-order chi connectivity index (χ1) is 9.26. The van der Waals surface area contributed by atoms with Crippen LogP contribution in [0.2, 0.25) is 0 Å². The Hall–Kier alpha value is -1.16. The molecule has 1 N–H and O–H groups in total. The van der Waals surface area contributed by atoms with Crippen LogP contribution in [0, 0.1) is 5.92 Å². The fourth-order valence-corrected chi connectivity index (χ4v) is 3.56. The number of rotatable bonds is 4. The van der Waals surface area contributed by atoms with Crippen LogP contribution in [0.4, 0.5) is 0 Å². The maximum Gasteiger partial charge on any atom is 0.154 e. The second-order valence-corrected chi connectivity index (χ2v) is 5.95. The van der Waals surface area contributed by atoms with Crippen LogP contribution in [-0.2, 0) is 17.8 Å². The van der Waals surface area contributed by atoms with Gasteiger partial charge in [-0.25, -0.2) is 0 Å². The van der Waals surface area contributed by atoms with Crippen LogP contribution in [0.15, 0.2) is 12.4 Å². The zero-order valence-corrected chi connectivity index (χ0v) is 11.6. The summed E-state index contributed by atoms with van der Waals surface area (Å²) in [5.74, 6) is 1.08. The minimum Gasteiger partial charge on any atom is -0.304 e. The fourth-order valence-electron chi connectivity index (χ4n) is 3.56. The molecule has 3 rings (SSSR count). The summed E-state index contributed by atoms with van der Waals surface area (Å²) in [6.45, 7) is 2.92. The minimum atomic E-state index is 0.0816. The Labute approximate surface area is 114 Å². The van der Waals surface area contributed by atoms with E-state index < -0.39 is 0 Å². The molecule has 3 unspecified atom stereocenters. The number of hydrogen-bond donors (Lipinski definition) is 1. The van der Waals surface area contributed by atoms with Gasteiger partial charge < -0.3 is 5.32 Å². The quantitative estimate of drug-likeness (QED) is 0.901. The second-order valence-electron chi connectivity index (χ2n) is 5.95. The summed E-state index contributed by atoms with van der Waals surface area (Å²) in [4.78, 5) is 12.4. The Morgan fingerprint density at radius 1 is 1.47 bits per heavy atom. The molecule has 104 valence electrons. The van der Waals surface area contributed by atoms with Crippen molar-refractivity contribution in [3.63, 3.8) is 0 Å². The van der Waals surface area contributed by atoms with Crippen LogP contribution >= 0.6 is 0 Å². The normalized spacial score (nSPS) is 30.3. The topological polar surface area (TPSA) is 46.9 Å². The largest absolute Gasteiger partial charge is 0.304 e. The molecular formula is C15H23N3O. The maximum atomic E-state index is 12.4. The summed E-state index contributed by atoms with van der Waals surface area (Å²) < 4.78 is 1.88. The van der Waals surface area contributed by atoms with E-state index in [1.807, 2.05) is 17.1 Å². The van der Waals surface area contributed by atoms with Gasteiger partial charge in [0.1, 0.15) is 0 Å². The molecule has 19 heavy (non-hydrogen) atoms. The van der Waals surface area contributed by atoms with Crippen LogP contribution in [-0.4, -0.2) is 27.6 Å². The fraction of sp³-hybridized carbons (Fsp3) is 0.733. The van der Waals surface area contributed by atoms with Crippen molar-refractivity contribution in [1.82, 2.24) is 15.1 Å². The molecule has 1 aliphatic heterocycles. The van der Waals surface area contributed by atoms with Crippen LogP contribution in [0.3, 0.4) is 0 Å². The lowest BCUT2D eigenvalue weighted by Crippen LogP contribution is -2.37. The van der Waals surface area contributed by atoms with E-state index >= 15 is 0 Å². The third kappa shape index (κ3) is 2.73. The summed E-state index contributed by atoms with van der Waals surface area (Å²) in [5.41, 5.74) is 1.04. The number of nitrogens with one attached hydrogen (secondary N) is 1. The van der Waals surface area contributed by atoms with Gasteiger partial charge in [0.25, 0.3) is 0 Å². The molecule has 0 amide bonds. The highest BCUT2D eigenvalue weighted by atomic mass is 16.1. The highest BCUT2D eigenvalue weighted by molar-refractivity contribution is 5.86. The number of ketones is 1. The van der Waals surface area contributed by atoms with Crippen molar-refractivity contribution in [2.45, 2.75) is 64.1 Å². The van der Waals surface area contributed by atoms with Gasteiger partial charge in [-0.3, -0.25) is 9.48 Å². The number of hydrogen-bond acceptors (Lipinski definition) is 3. The van der Waals surface area contributed by atoms with Gasteiger partial charge in [0.05, 0.1) is 12.2 Å². The molecule has 1 aromatic heterocycles. The summed E-state index contributed by atoms with van der Waals surface area (Å²) in [7, 11) is 0. The van der Waals surface area contributed by atoms with E-state index in [4.69, 9.17) is 0 Å². The summed E-state index contributed by atoms with van der Waals surface area (Å²) in [6.07, 6.45) is 10.6. The van der Waals surface area contributed by atoms with Crippen LogP contribution in [0.5, 0.6) is 0 Å². The van der Waals surface area contributed by atoms with Crippen LogP contribution in [0.1, 0.15) is 44.6 Å². The molecule has 0 aromatic carbocycles. The molecule has 1 aliphatic carbocycles. The van der Waals surface area contributed by atoms with Crippen molar-refractivity contribution < 1.29 is 4.79 Å². The molecule has 2 fully saturated rings. The predicted molar refractivity (Wildman–Crippen MR) is 73.9 cm³/mol. The van der Waals surface area contributed by atoms with Crippen molar-refractivity contribution in [2.75, 3.05) is 0 Å². The van der Waals surface area contributed by atoms with Gasteiger partial charge in [-0.2, -0.15) is 5.10 Å². The maximum absolute atomic E-state index is 12.4. The summed E-state index contributed by atoms with van der Waals surface area (Å²) in [5, 5.41) is 7.79. The highest BCUT2D eigenvalue weighted by Crippen LogP contribution is 2.33. The standard InChI is InChI=1S/C15H23N3O/c1-2-18-10-11(9-16-18)7-15(19)14-8-12-5-3-4-6-13(12)17-14/h9-10,12-14,17H,2-8H2,1H3. The first-order valence-corrected chi connectivity index (χ1v) is 7.56. The molecule has 1 saturated carbocycles. The number of aromatic nitrogens is 2. The van der Waals surface area contributed by atoms with Crippen molar-refractivity contribution in [3.05, 3.63) is 18.0 Å². The lowest BCUT2D eigenvalue weighted by molar-refractivity contribution is -0.120. The Bertz CT molecular complexity index is 440. The molecular weight excluding hydrogens is 238 g/mol. The third-order valence-corrected chi connectivity index (χ3v) is 4.64. The Morgan fingerprint density at radius 2 is 2.32 bits per heavy atom. The van der Waals surface area contributed by atoms with Crippen molar-refractivity contribution in [2.24, 2.45) is 5.92 Å². The summed E-state index contributed by atoms with van der Waals surface area (Å²) >= 11 is 0. The molecule has 0 spiro atoms. The van der Waals surface area contributed by atoms with Gasteiger partial charge in [-0.05, 0) is 37.7 Å². The predicted octanol–water partition coefficient (Wildman–Crippen LogP) is 1.94. The molecule has 2 aliphatic rings. The molecule has 1 aromatic rings. The first kappa shape index (κ1) is 12.9. The second kappa shape index (κ2) is 5.45. The molecule has 3 atom stereocenters. The summed E-state index contributed by atoms with van der Waals surface area (Å²) in [6, 6.07) is 0.680. The number of Topliss-reactive ketones (excluding diaryl/α,β-unsaturated/α-hetero) is 1. The van der Waals surface area contributed by atoms with Crippen molar-refractivity contribution in [3.8, 4) is 0 Å². The Kier molecular flexibility index (Phi) is 3.69. The van der Waals surface area contributed by atoms with E-state index in [1.165, 1.54) is 25.7 Å². The Balaban J connectivity index is 1.58. The molecule has 0 bridgehead atoms. The SMILES string of the molecule is CCn1cc(CC(=O)C2CC3CCCCC3N2)cn1. The molecule has 2 heterocycles.